The Labute approximate surface area is 143 Å². The van der Waals surface area contributed by atoms with E-state index in [1.165, 1.54) is 12.6 Å². The number of nitroso groups, excluding NO2 is 1. The summed E-state index contributed by atoms with van der Waals surface area (Å²) in [7, 11) is 1.50. The molecule has 0 unspecified atom stereocenters. The molecule has 2 aromatic carbocycles. The SMILES string of the molecule is CN.Cc1cc(C(=N)N)ccc1CN=O.Cc1ccc(O)c(C)c1. The molecule has 0 fully saturated rings. The van der Waals surface area contributed by atoms with Crippen molar-refractivity contribution in [3.05, 3.63) is 69.1 Å². The molecule has 0 aliphatic carbocycles. The number of hydrogen-bond donors (Lipinski definition) is 4. The Morgan fingerprint density at radius 1 is 1.08 bits per heavy atom. The Balaban J connectivity index is 0.000000420. The van der Waals surface area contributed by atoms with Gasteiger partial charge in [-0.15, -0.1) is 0 Å². The zero-order valence-electron chi connectivity index (χ0n) is 14.6. The molecule has 6 nitrogen and oxygen atoms in total. The number of aryl methyl sites for hydroxylation is 3. The molecule has 0 bridgehead atoms. The summed E-state index contributed by atoms with van der Waals surface area (Å²) in [5.41, 5.74) is 14.4. The van der Waals surface area contributed by atoms with Crippen LogP contribution >= 0.6 is 0 Å². The molecule has 0 heterocycles. The van der Waals surface area contributed by atoms with Gasteiger partial charge in [-0.05, 0) is 56.6 Å². The van der Waals surface area contributed by atoms with E-state index in [-0.39, 0.29) is 12.4 Å². The van der Waals surface area contributed by atoms with E-state index >= 15 is 0 Å². The number of nitrogens with one attached hydrogen (secondary N) is 1. The Morgan fingerprint density at radius 3 is 2.12 bits per heavy atom. The first-order valence-electron chi connectivity index (χ1n) is 7.42. The highest BCUT2D eigenvalue weighted by molar-refractivity contribution is 5.95. The monoisotopic (exact) mass is 330 g/mol. The van der Waals surface area contributed by atoms with Crippen LogP contribution in [0, 0.1) is 31.1 Å². The average Bonchev–Trinajstić information content (AvgIpc) is 2.56. The van der Waals surface area contributed by atoms with Crippen LogP contribution in [-0.4, -0.2) is 18.0 Å². The number of rotatable bonds is 3. The van der Waals surface area contributed by atoms with E-state index in [2.05, 4.69) is 10.9 Å². The normalized spacial score (nSPS) is 9.04. The number of nitrogens with two attached hydrogens (primary N) is 2. The van der Waals surface area contributed by atoms with E-state index in [4.69, 9.17) is 16.2 Å². The highest BCUT2D eigenvalue weighted by Gasteiger charge is 2.01. The molecule has 0 atom stereocenters. The largest absolute Gasteiger partial charge is 0.508 e. The van der Waals surface area contributed by atoms with Crippen LogP contribution in [0.25, 0.3) is 0 Å². The van der Waals surface area contributed by atoms with Crippen LogP contribution < -0.4 is 11.5 Å². The molecule has 0 radical (unpaired) electrons. The van der Waals surface area contributed by atoms with Crippen molar-refractivity contribution in [3.63, 3.8) is 0 Å². The van der Waals surface area contributed by atoms with E-state index in [1.54, 1.807) is 24.3 Å². The highest BCUT2D eigenvalue weighted by atomic mass is 16.3. The second-order valence-corrected chi connectivity index (χ2v) is 5.13. The van der Waals surface area contributed by atoms with Gasteiger partial charge in [-0.25, -0.2) is 0 Å². The molecule has 0 spiro atoms. The fourth-order valence-corrected chi connectivity index (χ4v) is 1.92. The summed E-state index contributed by atoms with van der Waals surface area (Å²) in [6.45, 7) is 5.94. The molecule has 0 aliphatic heterocycles. The molecule has 0 aliphatic rings. The molecule has 24 heavy (non-hydrogen) atoms. The van der Waals surface area contributed by atoms with Crippen LogP contribution in [0.2, 0.25) is 0 Å². The van der Waals surface area contributed by atoms with Crippen LogP contribution in [0.15, 0.2) is 41.6 Å². The number of amidine groups is 1. The lowest BCUT2D eigenvalue weighted by Crippen LogP contribution is -2.11. The fraction of sp³-hybridized carbons (Fsp3) is 0.278. The van der Waals surface area contributed by atoms with Gasteiger partial charge < -0.3 is 16.6 Å². The van der Waals surface area contributed by atoms with Crippen LogP contribution in [0.5, 0.6) is 5.75 Å². The molecule has 0 saturated heterocycles. The third kappa shape index (κ3) is 7.02. The number of hydrogen-bond acceptors (Lipinski definition) is 5. The van der Waals surface area contributed by atoms with Gasteiger partial charge in [0.25, 0.3) is 0 Å². The number of phenolic OH excluding ortho intramolecular Hbond substituents is 1. The number of benzene rings is 2. The smallest absolute Gasteiger partial charge is 0.122 e. The van der Waals surface area contributed by atoms with E-state index < -0.39 is 0 Å². The van der Waals surface area contributed by atoms with Crippen LogP contribution in [0.1, 0.15) is 27.8 Å². The number of phenols is 1. The van der Waals surface area contributed by atoms with Gasteiger partial charge in [-0.3, -0.25) is 5.41 Å². The third-order valence-corrected chi connectivity index (χ3v) is 3.24. The van der Waals surface area contributed by atoms with E-state index in [0.717, 1.165) is 16.7 Å². The van der Waals surface area contributed by atoms with Crippen molar-refractivity contribution in [1.82, 2.24) is 0 Å². The van der Waals surface area contributed by atoms with Gasteiger partial charge in [0.1, 0.15) is 18.1 Å². The quantitative estimate of drug-likeness (QED) is 0.392. The minimum Gasteiger partial charge on any atom is -0.508 e. The summed E-state index contributed by atoms with van der Waals surface area (Å²) in [5, 5.41) is 19.0. The Morgan fingerprint density at radius 2 is 1.71 bits per heavy atom. The second kappa shape index (κ2) is 10.9. The molecule has 6 heteroatoms. The predicted octanol–water partition coefficient (Wildman–Crippen LogP) is 3.13. The lowest BCUT2D eigenvalue weighted by atomic mass is 10.0. The summed E-state index contributed by atoms with van der Waals surface area (Å²) < 4.78 is 0. The molecule has 130 valence electrons. The maximum atomic E-state index is 10.0. The first kappa shape index (κ1) is 21.3. The molecule has 6 N–H and O–H groups in total. The van der Waals surface area contributed by atoms with Gasteiger partial charge >= 0.3 is 0 Å². The summed E-state index contributed by atoms with van der Waals surface area (Å²) in [5.74, 6) is 0.411. The summed E-state index contributed by atoms with van der Waals surface area (Å²) in [6, 6.07) is 10.8. The Kier molecular flexibility index (Phi) is 9.67. The first-order valence-corrected chi connectivity index (χ1v) is 7.42. The van der Waals surface area contributed by atoms with Crippen molar-refractivity contribution < 1.29 is 5.11 Å². The van der Waals surface area contributed by atoms with Gasteiger partial charge in [-0.2, -0.15) is 4.91 Å². The number of nitrogen functional groups attached to an aromatic ring is 1. The van der Waals surface area contributed by atoms with E-state index in [0.29, 0.717) is 11.3 Å². The van der Waals surface area contributed by atoms with Crippen molar-refractivity contribution >= 4 is 5.84 Å². The third-order valence-electron chi connectivity index (χ3n) is 3.24. The van der Waals surface area contributed by atoms with Crippen molar-refractivity contribution in [1.29, 1.82) is 5.41 Å². The number of aromatic hydroxyl groups is 1. The lowest BCUT2D eigenvalue weighted by Gasteiger charge is -2.03. The molecule has 2 rings (SSSR count). The van der Waals surface area contributed by atoms with E-state index in [9.17, 15) is 4.91 Å². The molecular weight excluding hydrogens is 304 g/mol. The van der Waals surface area contributed by atoms with Crippen molar-refractivity contribution in [3.8, 4) is 5.75 Å². The zero-order chi connectivity index (χ0) is 18.7. The maximum Gasteiger partial charge on any atom is 0.122 e. The van der Waals surface area contributed by atoms with Gasteiger partial charge in [0, 0.05) is 5.56 Å². The molecule has 0 amide bonds. The topological polar surface area (TPSA) is 126 Å². The molecule has 0 aromatic heterocycles. The minimum absolute atomic E-state index is 0.0358. The van der Waals surface area contributed by atoms with Gasteiger partial charge in [0.15, 0.2) is 0 Å². The second-order valence-electron chi connectivity index (χ2n) is 5.13. The van der Waals surface area contributed by atoms with Crippen LogP contribution in [0.4, 0.5) is 0 Å². The van der Waals surface area contributed by atoms with Gasteiger partial charge in [0.05, 0.1) is 0 Å². The lowest BCUT2D eigenvalue weighted by molar-refractivity contribution is 0.471. The van der Waals surface area contributed by atoms with E-state index in [1.807, 2.05) is 32.9 Å². The Bertz CT molecular complexity index is 685. The zero-order valence-corrected chi connectivity index (χ0v) is 14.6. The van der Waals surface area contributed by atoms with Crippen molar-refractivity contribution in [2.24, 2.45) is 16.6 Å². The molecule has 2 aromatic rings. The summed E-state index contributed by atoms with van der Waals surface area (Å²) in [4.78, 5) is 10.0. The summed E-state index contributed by atoms with van der Waals surface area (Å²) >= 11 is 0. The Hall–Kier alpha value is -2.73. The number of nitrogens with zero attached hydrogens (tertiary/aromatic N) is 1. The van der Waals surface area contributed by atoms with Gasteiger partial charge in [0.2, 0.25) is 0 Å². The predicted molar refractivity (Wildman–Crippen MR) is 99.4 cm³/mol. The van der Waals surface area contributed by atoms with Crippen molar-refractivity contribution in [2.45, 2.75) is 27.3 Å². The maximum absolute atomic E-state index is 10.0. The summed E-state index contributed by atoms with van der Waals surface area (Å²) in [6.07, 6.45) is 0. The average molecular weight is 330 g/mol. The van der Waals surface area contributed by atoms with Crippen LogP contribution in [-0.2, 0) is 6.54 Å². The molecular formula is C18H26N4O2. The first-order chi connectivity index (χ1) is 11.3. The standard InChI is InChI=1S/C9H11N3O.C8H10O.CH5N/c1-6-4-7(9(10)11)2-3-8(6)5-12-13;1-6-3-4-8(9)7(2)5-6;1-2/h2-4H,5H2,1H3,(H3,10,11);3-5,9H,1-2H3;2H2,1H3. The van der Waals surface area contributed by atoms with Gasteiger partial charge in [-0.1, -0.05) is 35.0 Å². The molecule has 0 saturated carbocycles. The van der Waals surface area contributed by atoms with Crippen molar-refractivity contribution in [2.75, 3.05) is 7.05 Å². The van der Waals surface area contributed by atoms with Crippen LogP contribution in [0.3, 0.4) is 0 Å². The fourth-order valence-electron chi connectivity index (χ4n) is 1.92. The minimum atomic E-state index is 0.0358. The highest BCUT2D eigenvalue weighted by Crippen LogP contribution is 2.15.